The van der Waals surface area contributed by atoms with Crippen molar-refractivity contribution >= 4 is 17.9 Å². The van der Waals surface area contributed by atoms with E-state index in [9.17, 15) is 9.59 Å². The van der Waals surface area contributed by atoms with Crippen molar-refractivity contribution in [3.05, 3.63) is 23.8 Å². The van der Waals surface area contributed by atoms with Gasteiger partial charge in [-0.3, -0.25) is 9.59 Å². The van der Waals surface area contributed by atoms with Gasteiger partial charge in [0.2, 0.25) is 6.41 Å². The molecular weight excluding hydrogens is 170 g/mol. The number of carbonyl (C=O) groups excluding carboxylic acids is 2. The van der Waals surface area contributed by atoms with Crippen LogP contribution in [-0.2, 0) is 4.79 Å². The van der Waals surface area contributed by atoms with Gasteiger partial charge >= 0.3 is 0 Å². The van der Waals surface area contributed by atoms with Gasteiger partial charge in [-0.25, -0.2) is 0 Å². The van der Waals surface area contributed by atoms with E-state index < -0.39 is 0 Å². The van der Waals surface area contributed by atoms with Crippen molar-refractivity contribution in [3.63, 3.8) is 0 Å². The molecule has 1 amide bonds. The van der Waals surface area contributed by atoms with Crippen molar-refractivity contribution in [1.82, 2.24) is 0 Å². The Bertz CT molecular complexity index is 347. The number of carbonyl (C=O) groups is 2. The van der Waals surface area contributed by atoms with Crippen LogP contribution in [0.1, 0.15) is 17.3 Å². The number of hydrogen-bond donors (Lipinski definition) is 2. The van der Waals surface area contributed by atoms with Crippen LogP contribution in [0.25, 0.3) is 0 Å². The first kappa shape index (κ1) is 9.25. The number of amides is 1. The molecule has 0 fully saturated rings. The molecule has 4 heteroatoms. The lowest BCUT2D eigenvalue weighted by Gasteiger charge is -2.04. The number of phenols is 1. The highest BCUT2D eigenvalue weighted by Gasteiger charge is 2.06. The maximum atomic E-state index is 11.0. The molecule has 2 N–H and O–H groups in total. The molecule has 0 bridgehead atoms. The number of ketones is 1. The first-order valence-corrected chi connectivity index (χ1v) is 3.69. The van der Waals surface area contributed by atoms with E-state index >= 15 is 0 Å². The minimum atomic E-state index is -0.163. The molecule has 68 valence electrons. The Hall–Kier alpha value is -1.84. The van der Waals surface area contributed by atoms with Gasteiger partial charge in [0.15, 0.2) is 5.78 Å². The number of anilines is 1. The monoisotopic (exact) mass is 179 g/mol. The van der Waals surface area contributed by atoms with Crippen LogP contribution in [0.5, 0.6) is 5.75 Å². The van der Waals surface area contributed by atoms with Gasteiger partial charge in [0.05, 0.1) is 5.69 Å². The number of nitrogens with one attached hydrogen (secondary N) is 1. The normalized spacial score (nSPS) is 9.31. The second-order valence-electron chi connectivity index (χ2n) is 2.55. The van der Waals surface area contributed by atoms with Crippen molar-refractivity contribution in [2.24, 2.45) is 0 Å². The molecule has 1 aromatic rings. The maximum Gasteiger partial charge on any atom is 0.211 e. The molecule has 0 saturated heterocycles. The molecule has 0 spiro atoms. The number of hydrogen-bond acceptors (Lipinski definition) is 3. The van der Waals surface area contributed by atoms with Crippen LogP contribution in [0.2, 0.25) is 0 Å². The summed E-state index contributed by atoms with van der Waals surface area (Å²) in [5.41, 5.74) is 0.701. The number of Topliss-reactive ketones (excluding diaryl/α,β-unsaturated/α-hetero) is 1. The molecule has 0 aliphatic rings. The van der Waals surface area contributed by atoms with Gasteiger partial charge in [-0.15, -0.1) is 0 Å². The summed E-state index contributed by atoms with van der Waals surface area (Å²) in [7, 11) is 0. The maximum absolute atomic E-state index is 11.0. The third kappa shape index (κ3) is 2.05. The first-order chi connectivity index (χ1) is 6.15. The lowest BCUT2D eigenvalue weighted by Crippen LogP contribution is -2.01. The average Bonchev–Trinajstić information content (AvgIpc) is 2.04. The van der Waals surface area contributed by atoms with Gasteiger partial charge in [-0.05, 0) is 19.1 Å². The van der Waals surface area contributed by atoms with E-state index in [0.717, 1.165) is 0 Å². The molecular formula is C9H9NO3. The van der Waals surface area contributed by atoms with E-state index in [0.29, 0.717) is 17.7 Å². The van der Waals surface area contributed by atoms with Gasteiger partial charge in [-0.2, -0.15) is 0 Å². The Labute approximate surface area is 75.2 Å². The molecule has 1 aromatic carbocycles. The van der Waals surface area contributed by atoms with Gasteiger partial charge < -0.3 is 10.4 Å². The van der Waals surface area contributed by atoms with E-state index in [1.807, 2.05) is 0 Å². The Kier molecular flexibility index (Phi) is 2.64. The van der Waals surface area contributed by atoms with Crippen molar-refractivity contribution in [3.8, 4) is 5.75 Å². The highest BCUT2D eigenvalue weighted by atomic mass is 16.3. The van der Waals surface area contributed by atoms with Crippen LogP contribution >= 0.6 is 0 Å². The highest BCUT2D eigenvalue weighted by Crippen LogP contribution is 2.21. The molecule has 4 nitrogen and oxygen atoms in total. The Morgan fingerprint density at radius 3 is 2.77 bits per heavy atom. The van der Waals surface area contributed by atoms with Crippen molar-refractivity contribution < 1.29 is 14.7 Å². The van der Waals surface area contributed by atoms with Crippen LogP contribution in [0.15, 0.2) is 18.2 Å². The third-order valence-electron chi connectivity index (χ3n) is 1.60. The summed E-state index contributed by atoms with van der Waals surface area (Å²) in [6.45, 7) is 1.39. The van der Waals surface area contributed by atoms with E-state index in [4.69, 9.17) is 5.11 Å². The molecule has 13 heavy (non-hydrogen) atoms. The van der Waals surface area contributed by atoms with E-state index in [-0.39, 0.29) is 11.5 Å². The molecule has 0 heterocycles. The Morgan fingerprint density at radius 1 is 1.54 bits per heavy atom. The number of phenolic OH excluding ortho intramolecular Hbond substituents is 1. The van der Waals surface area contributed by atoms with Gasteiger partial charge in [0.25, 0.3) is 0 Å². The molecule has 0 aliphatic carbocycles. The second kappa shape index (κ2) is 3.71. The molecule has 0 atom stereocenters. The number of benzene rings is 1. The summed E-state index contributed by atoms with van der Waals surface area (Å²) in [5, 5.41) is 11.4. The summed E-state index contributed by atoms with van der Waals surface area (Å²) < 4.78 is 0. The van der Waals surface area contributed by atoms with Crippen LogP contribution in [-0.4, -0.2) is 17.3 Å². The van der Waals surface area contributed by atoms with E-state index in [1.54, 1.807) is 0 Å². The fraction of sp³-hybridized carbons (Fsp3) is 0.111. The minimum Gasteiger partial charge on any atom is -0.508 e. The zero-order valence-corrected chi connectivity index (χ0v) is 7.07. The summed E-state index contributed by atoms with van der Waals surface area (Å²) >= 11 is 0. The minimum absolute atomic E-state index is 0.00866. The Morgan fingerprint density at radius 2 is 2.23 bits per heavy atom. The standard InChI is InChI=1S/C9H9NO3/c1-6(12)8-3-2-7(13)4-9(8)10-5-11/h2-5,13H,1H3,(H,10,11). The lowest BCUT2D eigenvalue weighted by molar-refractivity contribution is -0.105. The first-order valence-electron chi connectivity index (χ1n) is 3.69. The van der Waals surface area contributed by atoms with Gasteiger partial charge in [0, 0.05) is 11.6 Å². The van der Waals surface area contributed by atoms with Gasteiger partial charge in [0.1, 0.15) is 5.75 Å². The topological polar surface area (TPSA) is 66.4 Å². The van der Waals surface area contributed by atoms with Crippen molar-refractivity contribution in [1.29, 1.82) is 0 Å². The zero-order chi connectivity index (χ0) is 9.84. The summed E-state index contributed by atoms with van der Waals surface area (Å²) in [6.07, 6.45) is 0.460. The van der Waals surface area contributed by atoms with Gasteiger partial charge in [-0.1, -0.05) is 0 Å². The number of aromatic hydroxyl groups is 1. The molecule has 1 rings (SSSR count). The quantitative estimate of drug-likeness (QED) is 0.540. The smallest absolute Gasteiger partial charge is 0.211 e. The molecule has 0 saturated carbocycles. The van der Waals surface area contributed by atoms with Crippen LogP contribution in [0.3, 0.4) is 0 Å². The van der Waals surface area contributed by atoms with E-state index in [2.05, 4.69) is 5.32 Å². The molecule has 0 radical (unpaired) electrons. The summed E-state index contributed by atoms with van der Waals surface area (Å²) in [5.74, 6) is -0.154. The predicted octanol–water partition coefficient (Wildman–Crippen LogP) is 1.16. The summed E-state index contributed by atoms with van der Waals surface area (Å²) in [6, 6.07) is 4.18. The Balaban J connectivity index is 3.17. The molecule has 0 aliphatic heterocycles. The average molecular weight is 179 g/mol. The van der Waals surface area contributed by atoms with Crippen LogP contribution in [0, 0.1) is 0 Å². The highest BCUT2D eigenvalue weighted by molar-refractivity contribution is 6.01. The summed E-state index contributed by atoms with van der Waals surface area (Å²) in [4.78, 5) is 21.2. The number of rotatable bonds is 3. The SMILES string of the molecule is CC(=O)c1ccc(O)cc1NC=O. The fourth-order valence-corrected chi connectivity index (χ4v) is 1.02. The van der Waals surface area contributed by atoms with E-state index in [1.165, 1.54) is 25.1 Å². The largest absolute Gasteiger partial charge is 0.508 e. The zero-order valence-electron chi connectivity index (χ0n) is 7.07. The molecule has 0 unspecified atom stereocenters. The predicted molar refractivity (Wildman–Crippen MR) is 47.8 cm³/mol. The second-order valence-corrected chi connectivity index (χ2v) is 2.55. The van der Waals surface area contributed by atoms with Crippen LogP contribution in [0.4, 0.5) is 5.69 Å². The van der Waals surface area contributed by atoms with Crippen LogP contribution < -0.4 is 5.32 Å². The lowest BCUT2D eigenvalue weighted by atomic mass is 10.1. The fourth-order valence-electron chi connectivity index (χ4n) is 1.02. The van der Waals surface area contributed by atoms with Crippen molar-refractivity contribution in [2.45, 2.75) is 6.92 Å². The van der Waals surface area contributed by atoms with Crippen molar-refractivity contribution in [2.75, 3.05) is 5.32 Å². The third-order valence-corrected chi connectivity index (χ3v) is 1.60. The molecule has 0 aromatic heterocycles.